The quantitative estimate of drug-likeness (QED) is 0.523. The fourth-order valence-corrected chi connectivity index (χ4v) is 5.17. The molecule has 2 aliphatic carbocycles. The molecular formula is C25H32N2O2S. The van der Waals surface area contributed by atoms with Gasteiger partial charge in [-0.15, -0.1) is 11.3 Å². The van der Waals surface area contributed by atoms with Crippen molar-refractivity contribution in [1.29, 1.82) is 0 Å². The molecule has 0 radical (unpaired) electrons. The zero-order valence-corrected chi connectivity index (χ0v) is 18.5. The highest BCUT2D eigenvalue weighted by molar-refractivity contribution is 7.09. The molecule has 4 rings (SSSR count). The van der Waals surface area contributed by atoms with Crippen molar-refractivity contribution in [2.24, 2.45) is 5.92 Å². The molecule has 0 spiro atoms. The van der Waals surface area contributed by atoms with Gasteiger partial charge in [0.25, 0.3) is 0 Å². The lowest BCUT2D eigenvalue weighted by atomic mass is 10.0. The summed E-state index contributed by atoms with van der Waals surface area (Å²) in [5.41, 5.74) is 1.12. The molecule has 2 fully saturated rings. The lowest BCUT2D eigenvalue weighted by Crippen LogP contribution is -2.43. The summed E-state index contributed by atoms with van der Waals surface area (Å²) in [7, 11) is 0. The molecule has 0 N–H and O–H groups in total. The number of carbonyl (C=O) groups is 2. The Morgan fingerprint density at radius 1 is 0.900 bits per heavy atom. The zero-order valence-electron chi connectivity index (χ0n) is 17.7. The Bertz CT molecular complexity index is 811. The molecule has 2 saturated carbocycles. The summed E-state index contributed by atoms with van der Waals surface area (Å²) in [6.45, 7) is 1.39. The molecule has 160 valence electrons. The summed E-state index contributed by atoms with van der Waals surface area (Å²) in [5, 5.41) is 2.05. The van der Waals surface area contributed by atoms with Gasteiger partial charge in [-0.2, -0.15) is 0 Å². The van der Waals surface area contributed by atoms with E-state index in [1.165, 1.54) is 30.6 Å². The van der Waals surface area contributed by atoms with Crippen LogP contribution >= 0.6 is 11.3 Å². The van der Waals surface area contributed by atoms with Crippen LogP contribution in [0.25, 0.3) is 0 Å². The van der Waals surface area contributed by atoms with Crippen LogP contribution in [0.3, 0.4) is 0 Å². The molecule has 2 aromatic rings. The Labute approximate surface area is 183 Å². The third-order valence-corrected chi connectivity index (χ3v) is 7.21. The van der Waals surface area contributed by atoms with Crippen molar-refractivity contribution in [3.63, 3.8) is 0 Å². The van der Waals surface area contributed by atoms with Crippen LogP contribution in [0.2, 0.25) is 0 Å². The highest BCUT2D eigenvalue weighted by Crippen LogP contribution is 2.31. The van der Waals surface area contributed by atoms with E-state index in [0.717, 1.165) is 24.8 Å². The van der Waals surface area contributed by atoms with Gasteiger partial charge in [0.2, 0.25) is 11.8 Å². The molecule has 4 nitrogen and oxygen atoms in total. The van der Waals surface area contributed by atoms with Crippen LogP contribution in [-0.4, -0.2) is 34.2 Å². The number of amides is 2. The van der Waals surface area contributed by atoms with Gasteiger partial charge in [0.05, 0.1) is 6.54 Å². The monoisotopic (exact) mass is 424 g/mol. The molecule has 5 heteroatoms. The van der Waals surface area contributed by atoms with Gasteiger partial charge < -0.3 is 9.80 Å². The summed E-state index contributed by atoms with van der Waals surface area (Å²) in [5.74, 6) is 0.931. The molecule has 1 heterocycles. The average Bonchev–Trinajstić information content (AvgIpc) is 3.23. The second kappa shape index (κ2) is 10.3. The van der Waals surface area contributed by atoms with Crippen molar-refractivity contribution in [1.82, 2.24) is 9.80 Å². The maximum atomic E-state index is 13.3. The standard InChI is InChI=1S/C25H32N2O2S/c28-24(15-12-20-7-4-5-8-20)27(22-13-14-22)19-25(29)26(18-23-11-6-16-30-23)17-21-9-2-1-3-10-21/h1-3,6,9-11,16,20,22H,4-5,7-8,12-15,17-19H2. The van der Waals surface area contributed by atoms with Gasteiger partial charge in [0.1, 0.15) is 6.54 Å². The first-order chi connectivity index (χ1) is 14.7. The van der Waals surface area contributed by atoms with Crippen LogP contribution in [0.4, 0.5) is 0 Å². The number of carbonyl (C=O) groups excluding carboxylic acids is 2. The topological polar surface area (TPSA) is 40.6 Å². The van der Waals surface area contributed by atoms with Crippen LogP contribution in [-0.2, 0) is 22.7 Å². The smallest absolute Gasteiger partial charge is 0.242 e. The number of thiophene rings is 1. The minimum Gasteiger partial charge on any atom is -0.332 e. The fourth-order valence-electron chi connectivity index (χ4n) is 4.45. The van der Waals surface area contributed by atoms with Crippen molar-refractivity contribution < 1.29 is 9.59 Å². The van der Waals surface area contributed by atoms with E-state index >= 15 is 0 Å². The Morgan fingerprint density at radius 2 is 1.67 bits per heavy atom. The second-order valence-electron chi connectivity index (χ2n) is 8.76. The van der Waals surface area contributed by atoms with Crippen LogP contribution in [0, 0.1) is 5.92 Å². The largest absolute Gasteiger partial charge is 0.332 e. The molecule has 0 aliphatic heterocycles. The molecule has 1 aromatic carbocycles. The molecule has 2 amide bonds. The van der Waals surface area contributed by atoms with Gasteiger partial charge >= 0.3 is 0 Å². The van der Waals surface area contributed by atoms with Crippen molar-refractivity contribution in [2.45, 2.75) is 70.5 Å². The summed E-state index contributed by atoms with van der Waals surface area (Å²) in [4.78, 5) is 31.2. The van der Waals surface area contributed by atoms with Crippen LogP contribution in [0.5, 0.6) is 0 Å². The summed E-state index contributed by atoms with van der Waals surface area (Å²) in [6, 6.07) is 14.5. The molecule has 30 heavy (non-hydrogen) atoms. The maximum absolute atomic E-state index is 13.3. The molecule has 0 atom stereocenters. The van der Waals surface area contributed by atoms with Crippen LogP contribution in [0.15, 0.2) is 47.8 Å². The van der Waals surface area contributed by atoms with E-state index in [4.69, 9.17) is 0 Å². The number of rotatable bonds is 10. The highest BCUT2D eigenvalue weighted by atomic mass is 32.1. The van der Waals surface area contributed by atoms with Crippen molar-refractivity contribution in [3.05, 3.63) is 58.3 Å². The van der Waals surface area contributed by atoms with Crippen molar-refractivity contribution in [2.75, 3.05) is 6.54 Å². The predicted molar refractivity (Wildman–Crippen MR) is 121 cm³/mol. The summed E-state index contributed by atoms with van der Waals surface area (Å²) < 4.78 is 0. The van der Waals surface area contributed by atoms with Crippen LogP contribution < -0.4 is 0 Å². The summed E-state index contributed by atoms with van der Waals surface area (Å²) in [6.07, 6.45) is 8.79. The number of nitrogens with zero attached hydrogens (tertiary/aromatic N) is 2. The minimum atomic E-state index is 0.0494. The van der Waals surface area contributed by atoms with Gasteiger partial charge in [-0.1, -0.05) is 62.1 Å². The number of hydrogen-bond acceptors (Lipinski definition) is 3. The van der Waals surface area contributed by atoms with E-state index in [9.17, 15) is 9.59 Å². The zero-order chi connectivity index (χ0) is 20.8. The molecule has 2 aliphatic rings. The first-order valence-electron chi connectivity index (χ1n) is 11.3. The van der Waals surface area contributed by atoms with E-state index in [-0.39, 0.29) is 24.4 Å². The average molecular weight is 425 g/mol. The van der Waals surface area contributed by atoms with E-state index in [0.29, 0.717) is 25.4 Å². The lowest BCUT2D eigenvalue weighted by Gasteiger charge is -2.28. The normalized spacial score (nSPS) is 16.5. The van der Waals surface area contributed by atoms with E-state index in [2.05, 4.69) is 18.2 Å². The third kappa shape index (κ3) is 5.94. The SMILES string of the molecule is O=C(CN(C(=O)CCC1CCCC1)C1CC1)N(Cc1ccccc1)Cc1cccs1. The Kier molecular flexibility index (Phi) is 7.21. The summed E-state index contributed by atoms with van der Waals surface area (Å²) >= 11 is 1.67. The van der Waals surface area contributed by atoms with Crippen molar-refractivity contribution in [3.8, 4) is 0 Å². The first-order valence-corrected chi connectivity index (χ1v) is 12.2. The third-order valence-electron chi connectivity index (χ3n) is 6.35. The maximum Gasteiger partial charge on any atom is 0.242 e. The molecule has 1 aromatic heterocycles. The lowest BCUT2D eigenvalue weighted by molar-refractivity contribution is -0.141. The Morgan fingerprint density at radius 3 is 2.33 bits per heavy atom. The number of benzene rings is 1. The van der Waals surface area contributed by atoms with Gasteiger partial charge in [-0.3, -0.25) is 9.59 Å². The Balaban J connectivity index is 1.40. The van der Waals surface area contributed by atoms with Gasteiger partial charge in [0.15, 0.2) is 0 Å². The van der Waals surface area contributed by atoms with Crippen LogP contribution in [0.1, 0.15) is 61.8 Å². The van der Waals surface area contributed by atoms with E-state index < -0.39 is 0 Å². The molecule has 0 bridgehead atoms. The minimum absolute atomic E-state index is 0.0494. The molecule has 0 saturated heterocycles. The van der Waals surface area contributed by atoms with Gasteiger partial charge in [-0.25, -0.2) is 0 Å². The number of hydrogen-bond donors (Lipinski definition) is 0. The van der Waals surface area contributed by atoms with Gasteiger partial charge in [-0.05, 0) is 42.2 Å². The van der Waals surface area contributed by atoms with E-state index in [1.54, 1.807) is 11.3 Å². The Hall–Kier alpha value is -2.14. The van der Waals surface area contributed by atoms with E-state index in [1.807, 2.05) is 39.4 Å². The molecule has 0 unspecified atom stereocenters. The fraction of sp³-hybridized carbons (Fsp3) is 0.520. The molecular weight excluding hydrogens is 392 g/mol. The van der Waals surface area contributed by atoms with Gasteiger partial charge in [0, 0.05) is 23.9 Å². The first kappa shape index (κ1) is 21.1. The second-order valence-corrected chi connectivity index (χ2v) is 9.79. The predicted octanol–water partition coefficient (Wildman–Crippen LogP) is 5.24. The van der Waals surface area contributed by atoms with Crippen molar-refractivity contribution >= 4 is 23.2 Å². The highest BCUT2D eigenvalue weighted by Gasteiger charge is 2.35.